The van der Waals surface area contributed by atoms with Gasteiger partial charge in [0.2, 0.25) is 5.88 Å². The maximum Gasteiger partial charge on any atom is 0.218 e. The molecule has 1 atom stereocenters. The van der Waals surface area contributed by atoms with Crippen LogP contribution in [0.25, 0.3) is 0 Å². The molecule has 0 radical (unpaired) electrons. The van der Waals surface area contributed by atoms with Crippen LogP contribution in [0.5, 0.6) is 5.88 Å². The highest BCUT2D eigenvalue weighted by atomic mass is 127. The van der Waals surface area contributed by atoms with Gasteiger partial charge < -0.3 is 15.4 Å². The zero-order valence-corrected chi connectivity index (χ0v) is 20.2. The number of nitrogens with zero attached hydrogens (tertiary/aromatic N) is 3. The minimum Gasteiger partial charge on any atom is -0.478 e. The SMILES string of the molecule is CCOc1ncccc1CNC(=NC)NCCC(C)N(C)Cc1ccccc1.I. The molecular weight excluding hydrogens is 477 g/mol. The van der Waals surface area contributed by atoms with Gasteiger partial charge in [0, 0.05) is 44.5 Å². The number of aliphatic imine (C=N–C) groups is 1. The summed E-state index contributed by atoms with van der Waals surface area (Å²) >= 11 is 0. The van der Waals surface area contributed by atoms with E-state index < -0.39 is 0 Å². The number of nitrogens with one attached hydrogen (secondary N) is 2. The zero-order chi connectivity index (χ0) is 20.2. The second kappa shape index (κ2) is 14.2. The standard InChI is InChI=1S/C22H33N5O.HI/c1-5-28-21-20(12-9-14-24-21)16-26-22(23-3)25-15-13-18(2)27(4)17-19-10-7-6-8-11-19;/h6-12,14,18H,5,13,15-17H2,1-4H3,(H2,23,25,26);1H. The van der Waals surface area contributed by atoms with Crippen molar-refractivity contribution in [1.82, 2.24) is 20.5 Å². The van der Waals surface area contributed by atoms with Gasteiger partial charge >= 0.3 is 0 Å². The fourth-order valence-electron chi connectivity index (χ4n) is 2.87. The average Bonchev–Trinajstić information content (AvgIpc) is 2.72. The van der Waals surface area contributed by atoms with Crippen molar-refractivity contribution in [2.75, 3.05) is 27.2 Å². The third kappa shape index (κ3) is 8.99. The fourth-order valence-corrected chi connectivity index (χ4v) is 2.87. The molecule has 6 nitrogen and oxygen atoms in total. The molecule has 0 spiro atoms. The van der Waals surface area contributed by atoms with Crippen molar-refractivity contribution in [2.24, 2.45) is 4.99 Å². The van der Waals surface area contributed by atoms with E-state index in [1.54, 1.807) is 13.2 Å². The predicted molar refractivity (Wildman–Crippen MR) is 131 cm³/mol. The Kier molecular flexibility index (Phi) is 12.3. The number of hydrogen-bond acceptors (Lipinski definition) is 4. The summed E-state index contributed by atoms with van der Waals surface area (Å²) in [6.07, 6.45) is 2.77. The number of guanidine groups is 1. The second-order valence-electron chi connectivity index (χ2n) is 6.79. The zero-order valence-electron chi connectivity index (χ0n) is 17.9. The second-order valence-corrected chi connectivity index (χ2v) is 6.79. The van der Waals surface area contributed by atoms with Crippen molar-refractivity contribution >= 4 is 29.9 Å². The summed E-state index contributed by atoms with van der Waals surface area (Å²) in [5, 5.41) is 6.72. The lowest BCUT2D eigenvalue weighted by molar-refractivity contribution is 0.238. The van der Waals surface area contributed by atoms with Gasteiger partial charge in [0.1, 0.15) is 0 Å². The van der Waals surface area contributed by atoms with Crippen LogP contribution in [0.1, 0.15) is 31.4 Å². The highest BCUT2D eigenvalue weighted by Crippen LogP contribution is 2.13. The Hall–Kier alpha value is -1.87. The molecule has 160 valence electrons. The quantitative estimate of drug-likeness (QED) is 0.290. The number of halogens is 1. The maximum atomic E-state index is 5.57. The van der Waals surface area contributed by atoms with Crippen LogP contribution < -0.4 is 15.4 Å². The van der Waals surface area contributed by atoms with E-state index in [9.17, 15) is 0 Å². The molecule has 1 aromatic heterocycles. The van der Waals surface area contributed by atoms with E-state index in [0.717, 1.165) is 31.0 Å². The van der Waals surface area contributed by atoms with Crippen LogP contribution in [-0.2, 0) is 13.1 Å². The first kappa shape index (κ1) is 25.2. The lowest BCUT2D eigenvalue weighted by atomic mass is 10.1. The highest BCUT2D eigenvalue weighted by molar-refractivity contribution is 14.0. The largest absolute Gasteiger partial charge is 0.478 e. The smallest absolute Gasteiger partial charge is 0.218 e. The molecule has 2 N–H and O–H groups in total. The van der Waals surface area contributed by atoms with Gasteiger partial charge in [0.25, 0.3) is 0 Å². The third-order valence-electron chi connectivity index (χ3n) is 4.68. The first-order chi connectivity index (χ1) is 13.6. The van der Waals surface area contributed by atoms with Gasteiger partial charge in [-0.1, -0.05) is 36.4 Å². The minimum absolute atomic E-state index is 0. The van der Waals surface area contributed by atoms with E-state index in [1.165, 1.54) is 5.56 Å². The van der Waals surface area contributed by atoms with Crippen LogP contribution >= 0.6 is 24.0 Å². The normalized spacial score (nSPS) is 12.2. The number of ether oxygens (including phenoxy) is 1. The van der Waals surface area contributed by atoms with Crippen molar-refractivity contribution in [3.8, 4) is 5.88 Å². The molecule has 1 heterocycles. The summed E-state index contributed by atoms with van der Waals surface area (Å²) in [5.41, 5.74) is 2.35. The summed E-state index contributed by atoms with van der Waals surface area (Å²) in [4.78, 5) is 11.0. The van der Waals surface area contributed by atoms with Gasteiger partial charge in [0.05, 0.1) is 6.61 Å². The van der Waals surface area contributed by atoms with Crippen LogP contribution in [0.2, 0.25) is 0 Å². The molecule has 0 bridgehead atoms. The van der Waals surface area contributed by atoms with Crippen LogP contribution in [0.4, 0.5) is 0 Å². The van der Waals surface area contributed by atoms with Crippen molar-refractivity contribution in [1.29, 1.82) is 0 Å². The number of hydrogen-bond donors (Lipinski definition) is 2. The van der Waals surface area contributed by atoms with E-state index in [0.29, 0.717) is 25.1 Å². The van der Waals surface area contributed by atoms with Gasteiger partial charge in [0.15, 0.2) is 5.96 Å². The number of pyridine rings is 1. The van der Waals surface area contributed by atoms with E-state index >= 15 is 0 Å². The fraction of sp³-hybridized carbons (Fsp3) is 0.455. The molecule has 0 aliphatic rings. The summed E-state index contributed by atoms with van der Waals surface area (Å²) in [6.45, 7) is 7.24. The predicted octanol–water partition coefficient (Wildman–Crippen LogP) is 3.67. The van der Waals surface area contributed by atoms with Crippen molar-refractivity contribution in [2.45, 2.75) is 39.4 Å². The summed E-state index contributed by atoms with van der Waals surface area (Å²) in [6, 6.07) is 15.0. The number of aromatic nitrogens is 1. The highest BCUT2D eigenvalue weighted by Gasteiger charge is 2.10. The van der Waals surface area contributed by atoms with Gasteiger partial charge in [-0.15, -0.1) is 24.0 Å². The molecule has 0 saturated carbocycles. The van der Waals surface area contributed by atoms with E-state index in [-0.39, 0.29) is 24.0 Å². The van der Waals surface area contributed by atoms with E-state index in [2.05, 4.69) is 69.8 Å². The third-order valence-corrected chi connectivity index (χ3v) is 4.68. The van der Waals surface area contributed by atoms with Crippen LogP contribution in [0.3, 0.4) is 0 Å². The molecular formula is C22H34IN5O. The topological polar surface area (TPSA) is 61.8 Å². The van der Waals surface area contributed by atoms with Crippen molar-refractivity contribution in [3.63, 3.8) is 0 Å². The van der Waals surface area contributed by atoms with E-state index in [1.807, 2.05) is 19.1 Å². The lowest BCUT2D eigenvalue weighted by Crippen LogP contribution is -2.39. The Morgan fingerprint density at radius 2 is 1.93 bits per heavy atom. The summed E-state index contributed by atoms with van der Waals surface area (Å²) in [7, 11) is 3.95. The molecule has 29 heavy (non-hydrogen) atoms. The van der Waals surface area contributed by atoms with Crippen LogP contribution in [0, 0.1) is 0 Å². The molecule has 1 aromatic carbocycles. The molecule has 0 amide bonds. The molecule has 0 fully saturated rings. The first-order valence-corrected chi connectivity index (χ1v) is 9.89. The molecule has 1 unspecified atom stereocenters. The molecule has 2 aromatic rings. The van der Waals surface area contributed by atoms with Gasteiger partial charge in [-0.25, -0.2) is 4.98 Å². The van der Waals surface area contributed by atoms with Gasteiger partial charge in [-0.05, 0) is 38.9 Å². The Morgan fingerprint density at radius 3 is 2.62 bits per heavy atom. The van der Waals surface area contributed by atoms with Gasteiger partial charge in [-0.3, -0.25) is 9.89 Å². The Balaban J connectivity index is 0.00000420. The molecule has 0 saturated heterocycles. The summed E-state index contributed by atoms with van der Waals surface area (Å²) in [5.74, 6) is 1.45. The molecule has 0 aliphatic carbocycles. The van der Waals surface area contributed by atoms with Crippen LogP contribution in [0.15, 0.2) is 53.7 Å². The first-order valence-electron chi connectivity index (χ1n) is 9.89. The number of rotatable bonds is 10. The Bertz CT molecular complexity index is 726. The van der Waals surface area contributed by atoms with Gasteiger partial charge in [-0.2, -0.15) is 0 Å². The Morgan fingerprint density at radius 1 is 1.17 bits per heavy atom. The molecule has 7 heteroatoms. The van der Waals surface area contributed by atoms with Crippen molar-refractivity contribution in [3.05, 3.63) is 59.8 Å². The lowest BCUT2D eigenvalue weighted by Gasteiger charge is -2.25. The monoisotopic (exact) mass is 511 g/mol. The maximum absolute atomic E-state index is 5.57. The Labute approximate surface area is 192 Å². The molecule has 0 aliphatic heterocycles. The number of benzene rings is 1. The average molecular weight is 511 g/mol. The minimum atomic E-state index is 0. The van der Waals surface area contributed by atoms with Crippen LogP contribution in [-0.4, -0.2) is 49.1 Å². The molecule has 2 rings (SSSR count). The van der Waals surface area contributed by atoms with Crippen molar-refractivity contribution < 1.29 is 4.74 Å². The van der Waals surface area contributed by atoms with E-state index in [4.69, 9.17) is 4.74 Å². The summed E-state index contributed by atoms with van der Waals surface area (Å²) < 4.78 is 5.57.